The molecule has 3 rings (SSSR count). The van der Waals surface area contributed by atoms with Crippen molar-refractivity contribution < 1.29 is 23.8 Å². The Morgan fingerprint density at radius 1 is 1.15 bits per heavy atom. The summed E-state index contributed by atoms with van der Waals surface area (Å²) >= 11 is 3.38. The molecule has 0 saturated carbocycles. The number of furan rings is 1. The Labute approximate surface area is 157 Å². The van der Waals surface area contributed by atoms with Crippen LogP contribution in [0.4, 0.5) is 4.79 Å². The van der Waals surface area contributed by atoms with Crippen LogP contribution in [-0.2, 0) is 22.6 Å². The number of carbonyl (C=O) groups is 2. The fourth-order valence-corrected chi connectivity index (χ4v) is 2.86. The Morgan fingerprint density at radius 3 is 2.65 bits per heavy atom. The van der Waals surface area contributed by atoms with Crippen LogP contribution in [0, 0.1) is 0 Å². The maximum Gasteiger partial charge on any atom is 0.408 e. The summed E-state index contributed by atoms with van der Waals surface area (Å²) in [5.41, 5.74) is 1.47. The van der Waals surface area contributed by atoms with E-state index < -0.39 is 18.1 Å². The monoisotopic (exact) mass is 417 g/mol. The smallest absolute Gasteiger partial charge is 0.408 e. The molecule has 7 heteroatoms. The first-order chi connectivity index (χ1) is 12.5. The summed E-state index contributed by atoms with van der Waals surface area (Å²) in [4.78, 5) is 23.4. The Bertz CT molecular complexity index is 922. The molecule has 0 spiro atoms. The van der Waals surface area contributed by atoms with Gasteiger partial charge in [0.2, 0.25) is 0 Å². The zero-order chi connectivity index (χ0) is 18.5. The lowest BCUT2D eigenvalue weighted by Gasteiger charge is -2.13. The van der Waals surface area contributed by atoms with E-state index in [9.17, 15) is 14.7 Å². The first-order valence-corrected chi connectivity index (χ1v) is 8.68. The summed E-state index contributed by atoms with van der Waals surface area (Å²) in [6.07, 6.45) is -0.776. The van der Waals surface area contributed by atoms with Gasteiger partial charge in [0, 0.05) is 16.3 Å². The van der Waals surface area contributed by atoms with E-state index in [4.69, 9.17) is 9.15 Å². The van der Waals surface area contributed by atoms with Gasteiger partial charge in [0.15, 0.2) is 0 Å². The van der Waals surface area contributed by atoms with E-state index in [1.807, 2.05) is 42.5 Å². The molecule has 1 amide bonds. The Kier molecular flexibility index (Phi) is 5.58. The van der Waals surface area contributed by atoms with E-state index in [-0.39, 0.29) is 13.0 Å². The van der Waals surface area contributed by atoms with Crippen LogP contribution in [0.1, 0.15) is 11.3 Å². The molecule has 0 aliphatic rings. The van der Waals surface area contributed by atoms with Crippen molar-refractivity contribution in [3.63, 3.8) is 0 Å². The molecule has 26 heavy (non-hydrogen) atoms. The first-order valence-electron chi connectivity index (χ1n) is 7.89. The van der Waals surface area contributed by atoms with Gasteiger partial charge in [0.25, 0.3) is 0 Å². The largest absolute Gasteiger partial charge is 0.480 e. The van der Waals surface area contributed by atoms with Crippen molar-refractivity contribution >= 4 is 39.0 Å². The van der Waals surface area contributed by atoms with Crippen LogP contribution in [0.2, 0.25) is 0 Å². The van der Waals surface area contributed by atoms with Gasteiger partial charge in [0.05, 0.1) is 0 Å². The highest BCUT2D eigenvalue weighted by molar-refractivity contribution is 9.10. The highest BCUT2D eigenvalue weighted by Gasteiger charge is 2.23. The van der Waals surface area contributed by atoms with Gasteiger partial charge in [-0.05, 0) is 29.8 Å². The normalized spacial score (nSPS) is 11.9. The number of halogens is 1. The van der Waals surface area contributed by atoms with Crippen molar-refractivity contribution in [3.05, 3.63) is 70.4 Å². The second kappa shape index (κ2) is 8.05. The number of fused-ring (bicyclic) bond motifs is 1. The third-order valence-electron chi connectivity index (χ3n) is 3.74. The number of rotatable bonds is 6. The minimum atomic E-state index is -1.16. The van der Waals surface area contributed by atoms with Gasteiger partial charge in [-0.3, -0.25) is 0 Å². The van der Waals surface area contributed by atoms with Gasteiger partial charge in [-0.25, -0.2) is 9.59 Å². The number of nitrogens with one attached hydrogen (secondary N) is 1. The molecule has 134 valence electrons. The summed E-state index contributed by atoms with van der Waals surface area (Å²) < 4.78 is 11.6. The number of aliphatic carboxylic acids is 1. The van der Waals surface area contributed by atoms with Crippen LogP contribution in [-0.4, -0.2) is 23.2 Å². The summed E-state index contributed by atoms with van der Waals surface area (Å²) in [5.74, 6) is -0.697. The minimum Gasteiger partial charge on any atom is -0.480 e. The second-order valence-corrected chi connectivity index (χ2v) is 6.61. The highest BCUT2D eigenvalue weighted by Crippen LogP contribution is 2.24. The van der Waals surface area contributed by atoms with Crippen LogP contribution >= 0.6 is 15.9 Å². The summed E-state index contributed by atoms with van der Waals surface area (Å²) in [6, 6.07) is 15.3. The number of carbonyl (C=O) groups excluding carboxylic acids is 1. The van der Waals surface area contributed by atoms with Crippen LogP contribution in [0.15, 0.2) is 63.5 Å². The molecule has 0 radical (unpaired) electrons. The number of carboxylic acid groups (broad SMARTS) is 1. The van der Waals surface area contributed by atoms with E-state index in [2.05, 4.69) is 21.2 Å². The molecule has 0 saturated heterocycles. The SMILES string of the molecule is O=C(NC(Cc1cc2cc(Br)ccc2o1)C(=O)O)OCc1ccccc1. The molecule has 0 fully saturated rings. The molecule has 1 atom stereocenters. The van der Waals surface area contributed by atoms with Gasteiger partial charge >= 0.3 is 12.1 Å². The molecule has 2 N–H and O–H groups in total. The maximum absolute atomic E-state index is 11.9. The maximum atomic E-state index is 11.9. The number of benzene rings is 2. The number of ether oxygens (including phenoxy) is 1. The summed E-state index contributed by atoms with van der Waals surface area (Å²) in [6.45, 7) is 0.0671. The molecule has 0 aliphatic heterocycles. The molecular formula is C19H16BrNO5. The standard InChI is InChI=1S/C19H16BrNO5/c20-14-6-7-17-13(8-14)9-15(26-17)10-16(18(22)23)21-19(24)25-11-12-4-2-1-3-5-12/h1-9,16H,10-11H2,(H,21,24)(H,22,23). The third kappa shape index (κ3) is 4.64. The number of alkyl carbamates (subject to hydrolysis) is 1. The van der Waals surface area contributed by atoms with Gasteiger partial charge < -0.3 is 19.6 Å². The molecule has 0 aliphatic carbocycles. The molecule has 3 aromatic rings. The highest BCUT2D eigenvalue weighted by atomic mass is 79.9. The molecule has 6 nitrogen and oxygen atoms in total. The zero-order valence-electron chi connectivity index (χ0n) is 13.6. The number of carboxylic acids is 1. The van der Waals surface area contributed by atoms with Gasteiger partial charge in [-0.15, -0.1) is 0 Å². The average Bonchev–Trinajstić information content (AvgIpc) is 3.01. The average molecular weight is 418 g/mol. The van der Waals surface area contributed by atoms with Crippen molar-refractivity contribution in [2.75, 3.05) is 0 Å². The minimum absolute atomic E-state index is 0.0159. The Balaban J connectivity index is 1.62. The molecular weight excluding hydrogens is 402 g/mol. The summed E-state index contributed by atoms with van der Waals surface area (Å²) in [7, 11) is 0. The predicted molar refractivity (Wildman–Crippen MR) is 98.8 cm³/mol. The fourth-order valence-electron chi connectivity index (χ4n) is 2.48. The number of hydrogen-bond acceptors (Lipinski definition) is 4. The lowest BCUT2D eigenvalue weighted by atomic mass is 10.1. The Morgan fingerprint density at radius 2 is 1.92 bits per heavy atom. The zero-order valence-corrected chi connectivity index (χ0v) is 15.2. The van der Waals surface area contributed by atoms with E-state index >= 15 is 0 Å². The molecule has 1 heterocycles. The van der Waals surface area contributed by atoms with E-state index in [1.54, 1.807) is 12.1 Å². The topological polar surface area (TPSA) is 88.8 Å². The third-order valence-corrected chi connectivity index (χ3v) is 4.23. The first kappa shape index (κ1) is 18.0. The van der Waals surface area contributed by atoms with Gasteiger partial charge in [-0.2, -0.15) is 0 Å². The van der Waals surface area contributed by atoms with Crippen molar-refractivity contribution in [3.8, 4) is 0 Å². The van der Waals surface area contributed by atoms with E-state index in [1.165, 1.54) is 0 Å². The van der Waals surface area contributed by atoms with E-state index in [0.29, 0.717) is 11.3 Å². The molecule has 1 aromatic heterocycles. The van der Waals surface area contributed by atoms with Crippen LogP contribution in [0.3, 0.4) is 0 Å². The second-order valence-electron chi connectivity index (χ2n) is 5.70. The fraction of sp³-hybridized carbons (Fsp3) is 0.158. The van der Waals surface area contributed by atoms with Crippen molar-refractivity contribution in [1.29, 1.82) is 0 Å². The van der Waals surface area contributed by atoms with Crippen molar-refractivity contribution in [2.24, 2.45) is 0 Å². The van der Waals surface area contributed by atoms with Crippen molar-refractivity contribution in [2.45, 2.75) is 19.1 Å². The van der Waals surface area contributed by atoms with Crippen LogP contribution in [0.5, 0.6) is 0 Å². The number of hydrogen-bond donors (Lipinski definition) is 2. The van der Waals surface area contributed by atoms with Crippen molar-refractivity contribution in [1.82, 2.24) is 5.32 Å². The quantitative estimate of drug-likeness (QED) is 0.629. The summed E-state index contributed by atoms with van der Waals surface area (Å²) in [5, 5.41) is 12.6. The van der Waals surface area contributed by atoms with Gasteiger partial charge in [-0.1, -0.05) is 46.3 Å². The number of amides is 1. The predicted octanol–water partition coefficient (Wildman–Crippen LogP) is 4.12. The molecule has 0 bridgehead atoms. The van der Waals surface area contributed by atoms with Gasteiger partial charge in [0.1, 0.15) is 24.0 Å². The van der Waals surface area contributed by atoms with E-state index in [0.717, 1.165) is 15.4 Å². The molecule has 1 unspecified atom stereocenters. The van der Waals surface area contributed by atoms with Crippen LogP contribution < -0.4 is 5.32 Å². The lowest BCUT2D eigenvalue weighted by Crippen LogP contribution is -2.42. The Hall–Kier alpha value is -2.80. The molecule has 2 aromatic carbocycles. The van der Waals surface area contributed by atoms with Crippen LogP contribution in [0.25, 0.3) is 11.0 Å². The lowest BCUT2D eigenvalue weighted by molar-refractivity contribution is -0.139.